The van der Waals surface area contributed by atoms with Gasteiger partial charge < -0.3 is 15.4 Å². The average Bonchev–Trinajstić information content (AvgIpc) is 2.96. The summed E-state index contributed by atoms with van der Waals surface area (Å²) >= 11 is 0. The Kier molecular flexibility index (Phi) is 3.98. The molecule has 26 heavy (non-hydrogen) atoms. The average molecular weight is 344 g/mol. The summed E-state index contributed by atoms with van der Waals surface area (Å²) < 4.78 is 2.18. The molecular formula is C22H20N2O2. The van der Waals surface area contributed by atoms with Crippen molar-refractivity contribution in [2.75, 3.05) is 0 Å². The lowest BCUT2D eigenvalue weighted by Crippen LogP contribution is -2.11. The number of primary amides is 1. The van der Waals surface area contributed by atoms with Gasteiger partial charge >= 0.3 is 0 Å². The first-order valence-corrected chi connectivity index (χ1v) is 8.58. The van der Waals surface area contributed by atoms with Gasteiger partial charge in [-0.25, -0.2) is 0 Å². The predicted molar refractivity (Wildman–Crippen MR) is 104 cm³/mol. The largest absolute Gasteiger partial charge is 0.392 e. The minimum absolute atomic E-state index is 0.0231. The van der Waals surface area contributed by atoms with Gasteiger partial charge in [-0.1, -0.05) is 48.0 Å². The quantitative estimate of drug-likeness (QED) is 0.592. The fraction of sp³-hybridized carbons (Fsp3) is 0.136. The number of aliphatic hydroxyl groups excluding tert-OH is 1. The molecule has 0 spiro atoms. The molecule has 0 saturated heterocycles. The van der Waals surface area contributed by atoms with Crippen LogP contribution in [0.15, 0.2) is 60.7 Å². The van der Waals surface area contributed by atoms with Crippen molar-refractivity contribution in [1.82, 2.24) is 4.57 Å². The number of hydrogen-bond acceptors (Lipinski definition) is 2. The molecule has 0 saturated carbocycles. The van der Waals surface area contributed by atoms with E-state index in [0.29, 0.717) is 12.1 Å². The van der Waals surface area contributed by atoms with Crippen LogP contribution >= 0.6 is 0 Å². The van der Waals surface area contributed by atoms with E-state index in [9.17, 15) is 9.90 Å². The molecular weight excluding hydrogens is 324 g/mol. The molecule has 0 aliphatic carbocycles. The molecule has 4 heteroatoms. The summed E-state index contributed by atoms with van der Waals surface area (Å²) in [7, 11) is 0. The van der Waals surface area contributed by atoms with Crippen LogP contribution in [0, 0.1) is 6.92 Å². The highest BCUT2D eigenvalue weighted by molar-refractivity contribution is 6.17. The van der Waals surface area contributed by atoms with Crippen LogP contribution in [0.3, 0.4) is 0 Å². The van der Waals surface area contributed by atoms with Crippen LogP contribution in [0.4, 0.5) is 0 Å². The van der Waals surface area contributed by atoms with Gasteiger partial charge in [0.05, 0.1) is 12.1 Å². The van der Waals surface area contributed by atoms with Crippen LogP contribution in [0.5, 0.6) is 0 Å². The maximum atomic E-state index is 12.0. The van der Waals surface area contributed by atoms with Gasteiger partial charge in [-0.05, 0) is 36.2 Å². The molecule has 0 fully saturated rings. The van der Waals surface area contributed by atoms with Gasteiger partial charge in [-0.15, -0.1) is 0 Å². The number of carbonyl (C=O) groups excluding carboxylic acids is 1. The highest BCUT2D eigenvalue weighted by Gasteiger charge is 2.16. The zero-order valence-corrected chi connectivity index (χ0v) is 14.6. The van der Waals surface area contributed by atoms with E-state index in [-0.39, 0.29) is 6.61 Å². The number of aliphatic hydroxyl groups is 1. The van der Waals surface area contributed by atoms with E-state index in [2.05, 4.69) is 35.8 Å². The number of hydrogen-bond donors (Lipinski definition) is 2. The van der Waals surface area contributed by atoms with E-state index in [1.54, 1.807) is 6.07 Å². The monoisotopic (exact) mass is 344 g/mol. The zero-order valence-electron chi connectivity index (χ0n) is 14.6. The van der Waals surface area contributed by atoms with Crippen LogP contribution in [0.25, 0.3) is 21.8 Å². The number of rotatable bonds is 4. The number of nitrogens with two attached hydrogens (primary N) is 1. The Bertz CT molecular complexity index is 1120. The molecule has 3 aromatic carbocycles. The number of amides is 1. The Hall–Kier alpha value is -3.11. The highest BCUT2D eigenvalue weighted by atomic mass is 16.3. The maximum Gasteiger partial charge on any atom is 0.249 e. The van der Waals surface area contributed by atoms with Gasteiger partial charge in [0.2, 0.25) is 5.91 Å². The SMILES string of the molecule is Cc1ccc(Cn2c3cc(CO)ccc3c3c(C(N)=O)cccc32)cc1. The van der Waals surface area contributed by atoms with Crippen molar-refractivity contribution in [2.45, 2.75) is 20.1 Å². The smallest absolute Gasteiger partial charge is 0.249 e. The predicted octanol–water partition coefficient (Wildman–Crippen LogP) is 3.74. The molecule has 3 N–H and O–H groups in total. The summed E-state index contributed by atoms with van der Waals surface area (Å²) in [6.45, 7) is 2.72. The van der Waals surface area contributed by atoms with E-state index in [1.165, 1.54) is 11.1 Å². The van der Waals surface area contributed by atoms with Crippen molar-refractivity contribution < 1.29 is 9.90 Å². The topological polar surface area (TPSA) is 68.2 Å². The first kappa shape index (κ1) is 16.4. The van der Waals surface area contributed by atoms with Crippen LogP contribution in [-0.2, 0) is 13.2 Å². The van der Waals surface area contributed by atoms with Crippen LogP contribution in [-0.4, -0.2) is 15.6 Å². The third kappa shape index (κ3) is 2.65. The summed E-state index contributed by atoms with van der Waals surface area (Å²) in [5, 5.41) is 11.4. The third-order valence-electron chi connectivity index (χ3n) is 4.86. The van der Waals surface area contributed by atoms with E-state index < -0.39 is 5.91 Å². The standard InChI is InChI=1S/C22H20N2O2/c1-14-5-7-15(8-6-14)12-24-19-4-2-3-18(22(23)26)21(19)17-10-9-16(13-25)11-20(17)24/h2-11,25H,12-13H2,1H3,(H2,23,26). The molecule has 0 aliphatic rings. The Balaban J connectivity index is 2.03. The number of aryl methyl sites for hydroxylation is 1. The van der Waals surface area contributed by atoms with Crippen molar-refractivity contribution in [1.29, 1.82) is 0 Å². The lowest BCUT2D eigenvalue weighted by atomic mass is 10.0. The minimum Gasteiger partial charge on any atom is -0.392 e. The molecule has 0 aliphatic heterocycles. The van der Waals surface area contributed by atoms with Gasteiger partial charge in [-0.2, -0.15) is 0 Å². The van der Waals surface area contributed by atoms with Gasteiger partial charge in [0.1, 0.15) is 0 Å². The van der Waals surface area contributed by atoms with E-state index in [1.807, 2.05) is 30.3 Å². The molecule has 1 aromatic heterocycles. The lowest BCUT2D eigenvalue weighted by Gasteiger charge is -2.09. The Labute approximate surface area is 151 Å². The molecule has 0 atom stereocenters. The highest BCUT2D eigenvalue weighted by Crippen LogP contribution is 2.33. The number of carbonyl (C=O) groups is 1. The Morgan fingerprint density at radius 1 is 1.00 bits per heavy atom. The summed E-state index contributed by atoms with van der Waals surface area (Å²) in [6.07, 6.45) is 0. The van der Waals surface area contributed by atoms with Crippen molar-refractivity contribution >= 4 is 27.7 Å². The lowest BCUT2D eigenvalue weighted by molar-refractivity contribution is 0.100. The van der Waals surface area contributed by atoms with Crippen molar-refractivity contribution in [2.24, 2.45) is 5.73 Å². The van der Waals surface area contributed by atoms with Crippen LogP contribution < -0.4 is 5.73 Å². The second-order valence-electron chi connectivity index (χ2n) is 6.65. The normalized spacial score (nSPS) is 11.3. The van der Waals surface area contributed by atoms with Gasteiger partial charge in [-0.3, -0.25) is 4.79 Å². The summed E-state index contributed by atoms with van der Waals surface area (Å²) in [5.74, 6) is -0.434. The number of nitrogens with zero attached hydrogens (tertiary/aromatic N) is 1. The summed E-state index contributed by atoms with van der Waals surface area (Å²) in [4.78, 5) is 12.0. The first-order valence-electron chi connectivity index (χ1n) is 8.58. The fourth-order valence-electron chi connectivity index (χ4n) is 3.54. The first-order chi connectivity index (χ1) is 12.6. The third-order valence-corrected chi connectivity index (χ3v) is 4.86. The van der Waals surface area contributed by atoms with Crippen LogP contribution in [0.2, 0.25) is 0 Å². The molecule has 0 bridgehead atoms. The van der Waals surface area contributed by atoms with Crippen molar-refractivity contribution in [3.63, 3.8) is 0 Å². The van der Waals surface area contributed by atoms with E-state index in [4.69, 9.17) is 5.73 Å². The molecule has 4 nitrogen and oxygen atoms in total. The molecule has 1 amide bonds. The molecule has 0 radical (unpaired) electrons. The van der Waals surface area contributed by atoms with Gasteiger partial charge in [0.25, 0.3) is 0 Å². The molecule has 4 aromatic rings. The van der Waals surface area contributed by atoms with Crippen molar-refractivity contribution in [3.8, 4) is 0 Å². The molecule has 4 rings (SSSR count). The second-order valence-corrected chi connectivity index (χ2v) is 6.65. The van der Waals surface area contributed by atoms with Gasteiger partial charge in [0.15, 0.2) is 0 Å². The van der Waals surface area contributed by atoms with Crippen molar-refractivity contribution in [3.05, 3.63) is 82.9 Å². The number of fused-ring (bicyclic) bond motifs is 3. The summed E-state index contributed by atoms with van der Waals surface area (Å²) in [5.41, 5.74) is 11.3. The molecule has 1 heterocycles. The minimum atomic E-state index is -0.434. The second kappa shape index (κ2) is 6.32. The fourth-order valence-corrected chi connectivity index (χ4v) is 3.54. The summed E-state index contributed by atoms with van der Waals surface area (Å²) in [6, 6.07) is 19.9. The molecule has 130 valence electrons. The molecule has 0 unspecified atom stereocenters. The van der Waals surface area contributed by atoms with E-state index >= 15 is 0 Å². The number of aromatic nitrogens is 1. The van der Waals surface area contributed by atoms with E-state index in [0.717, 1.165) is 27.4 Å². The number of benzene rings is 3. The Morgan fingerprint density at radius 2 is 1.73 bits per heavy atom. The maximum absolute atomic E-state index is 12.0. The zero-order chi connectivity index (χ0) is 18.3. The Morgan fingerprint density at radius 3 is 2.42 bits per heavy atom. The van der Waals surface area contributed by atoms with Crippen LogP contribution in [0.1, 0.15) is 27.0 Å². The van der Waals surface area contributed by atoms with Gasteiger partial charge in [0, 0.05) is 28.4 Å².